The van der Waals surface area contributed by atoms with Crippen molar-refractivity contribution in [2.45, 2.75) is 37.6 Å². The predicted molar refractivity (Wildman–Crippen MR) is 73.5 cm³/mol. The maximum atomic E-state index is 12.6. The van der Waals surface area contributed by atoms with Gasteiger partial charge in [-0.05, 0) is 37.8 Å². The van der Waals surface area contributed by atoms with E-state index in [1.165, 1.54) is 0 Å². The number of aromatic nitrogens is 3. The zero-order valence-corrected chi connectivity index (χ0v) is 11.6. The fourth-order valence-corrected chi connectivity index (χ4v) is 2.79. The first-order valence-corrected chi connectivity index (χ1v) is 7.38. The smallest absolute Gasteiger partial charge is 0.273 e. The lowest BCUT2D eigenvalue weighted by atomic mass is 10.2. The molecule has 1 amide bonds. The summed E-state index contributed by atoms with van der Waals surface area (Å²) in [7, 11) is 0. The zero-order chi connectivity index (χ0) is 14.2. The fourth-order valence-electron chi connectivity index (χ4n) is 2.79. The summed E-state index contributed by atoms with van der Waals surface area (Å²) in [6.07, 6.45) is 5.72. The van der Waals surface area contributed by atoms with E-state index in [0.717, 1.165) is 31.6 Å². The van der Waals surface area contributed by atoms with E-state index in [9.17, 15) is 4.79 Å². The molecule has 6 heteroatoms. The second-order valence-electron chi connectivity index (χ2n) is 5.64. The van der Waals surface area contributed by atoms with Crippen molar-refractivity contribution in [1.29, 1.82) is 0 Å². The normalized spacial score (nSPS) is 21.7. The van der Waals surface area contributed by atoms with Crippen LogP contribution in [0.15, 0.2) is 28.9 Å². The first-order valence-electron chi connectivity index (χ1n) is 7.38. The Hall–Kier alpha value is -2.24. The van der Waals surface area contributed by atoms with Gasteiger partial charge in [-0.3, -0.25) is 9.78 Å². The van der Waals surface area contributed by atoms with Gasteiger partial charge in [-0.25, -0.2) is 0 Å². The van der Waals surface area contributed by atoms with Crippen molar-refractivity contribution >= 4 is 5.91 Å². The predicted octanol–water partition coefficient (Wildman–Crippen LogP) is 2.32. The van der Waals surface area contributed by atoms with Crippen LogP contribution in [0.1, 0.15) is 59.8 Å². The Labute approximate surface area is 122 Å². The van der Waals surface area contributed by atoms with Crippen molar-refractivity contribution < 1.29 is 9.32 Å². The van der Waals surface area contributed by atoms with Gasteiger partial charge in [0.25, 0.3) is 5.91 Å². The highest BCUT2D eigenvalue weighted by atomic mass is 16.5. The Bertz CT molecular complexity index is 651. The summed E-state index contributed by atoms with van der Waals surface area (Å²) in [4.78, 5) is 23.0. The monoisotopic (exact) mass is 284 g/mol. The molecular weight excluding hydrogens is 268 g/mol. The molecule has 0 spiro atoms. The van der Waals surface area contributed by atoms with Crippen molar-refractivity contribution in [1.82, 2.24) is 20.0 Å². The van der Waals surface area contributed by atoms with Gasteiger partial charge in [-0.2, -0.15) is 4.98 Å². The summed E-state index contributed by atoms with van der Waals surface area (Å²) in [5.41, 5.74) is 0.468. The molecule has 108 valence electrons. The average molecular weight is 284 g/mol. The molecule has 0 radical (unpaired) electrons. The molecule has 1 saturated heterocycles. The molecule has 2 aliphatic rings. The van der Waals surface area contributed by atoms with Crippen molar-refractivity contribution in [3.8, 4) is 0 Å². The first kappa shape index (κ1) is 12.5. The molecule has 0 N–H and O–H groups in total. The van der Waals surface area contributed by atoms with Gasteiger partial charge in [0.15, 0.2) is 5.82 Å². The summed E-state index contributed by atoms with van der Waals surface area (Å²) in [5.74, 6) is 1.74. The van der Waals surface area contributed by atoms with Crippen molar-refractivity contribution in [2.24, 2.45) is 0 Å². The summed E-state index contributed by atoms with van der Waals surface area (Å²) in [6, 6.07) is 5.28. The van der Waals surface area contributed by atoms with E-state index in [0.29, 0.717) is 24.0 Å². The Balaban J connectivity index is 1.58. The summed E-state index contributed by atoms with van der Waals surface area (Å²) < 4.78 is 5.32. The third-order valence-corrected chi connectivity index (χ3v) is 4.08. The maximum Gasteiger partial charge on any atom is 0.273 e. The minimum absolute atomic E-state index is 0.0594. The SMILES string of the molecule is O=C(c1ccccn1)N1CCCC1c1noc(C2CC2)n1. The minimum Gasteiger partial charge on any atom is -0.339 e. The van der Waals surface area contributed by atoms with Crippen LogP contribution in [0.25, 0.3) is 0 Å². The van der Waals surface area contributed by atoms with E-state index < -0.39 is 0 Å². The molecule has 3 heterocycles. The number of hydrogen-bond donors (Lipinski definition) is 0. The van der Waals surface area contributed by atoms with E-state index >= 15 is 0 Å². The number of rotatable bonds is 3. The largest absolute Gasteiger partial charge is 0.339 e. The lowest BCUT2D eigenvalue weighted by Crippen LogP contribution is -2.31. The van der Waals surface area contributed by atoms with Gasteiger partial charge in [-0.1, -0.05) is 11.2 Å². The molecule has 1 saturated carbocycles. The molecule has 2 fully saturated rings. The third-order valence-electron chi connectivity index (χ3n) is 4.08. The quantitative estimate of drug-likeness (QED) is 0.865. The highest BCUT2D eigenvalue weighted by Gasteiger charge is 2.36. The van der Waals surface area contributed by atoms with Crippen LogP contribution in [0.5, 0.6) is 0 Å². The number of pyridine rings is 1. The Morgan fingerprint density at radius 3 is 2.95 bits per heavy atom. The van der Waals surface area contributed by atoms with E-state index in [4.69, 9.17) is 4.52 Å². The van der Waals surface area contributed by atoms with E-state index in [2.05, 4.69) is 15.1 Å². The van der Waals surface area contributed by atoms with Gasteiger partial charge in [-0.15, -0.1) is 0 Å². The molecule has 2 aromatic rings. The number of nitrogens with zero attached hydrogens (tertiary/aromatic N) is 4. The lowest BCUT2D eigenvalue weighted by Gasteiger charge is -2.21. The van der Waals surface area contributed by atoms with Gasteiger partial charge >= 0.3 is 0 Å². The second kappa shape index (κ2) is 4.95. The molecule has 0 aromatic carbocycles. The van der Waals surface area contributed by atoms with Crippen LogP contribution in [0, 0.1) is 0 Å². The fraction of sp³-hybridized carbons (Fsp3) is 0.467. The molecule has 2 aromatic heterocycles. The standard InChI is InChI=1S/C15H16N4O2/c20-15(11-4-1-2-8-16-11)19-9-3-5-12(19)13-17-14(21-18-13)10-6-7-10/h1-2,4,8,10,12H,3,5-7,9H2. The minimum atomic E-state index is -0.0873. The third kappa shape index (κ3) is 2.30. The van der Waals surface area contributed by atoms with Crippen LogP contribution in [0.4, 0.5) is 0 Å². The van der Waals surface area contributed by atoms with E-state index in [1.807, 2.05) is 11.0 Å². The van der Waals surface area contributed by atoms with Gasteiger partial charge < -0.3 is 9.42 Å². The number of hydrogen-bond acceptors (Lipinski definition) is 5. The summed E-state index contributed by atoms with van der Waals surface area (Å²) in [5, 5.41) is 4.09. The zero-order valence-electron chi connectivity index (χ0n) is 11.6. The van der Waals surface area contributed by atoms with Gasteiger partial charge in [0.05, 0.1) is 6.04 Å². The van der Waals surface area contributed by atoms with Crippen LogP contribution >= 0.6 is 0 Å². The molecule has 4 rings (SSSR count). The Morgan fingerprint density at radius 2 is 2.19 bits per heavy atom. The number of likely N-dealkylation sites (tertiary alicyclic amines) is 1. The number of carbonyl (C=O) groups excluding carboxylic acids is 1. The van der Waals surface area contributed by atoms with Crippen molar-refractivity contribution in [3.05, 3.63) is 41.8 Å². The summed E-state index contributed by atoms with van der Waals surface area (Å²) in [6.45, 7) is 0.716. The van der Waals surface area contributed by atoms with Gasteiger partial charge in [0.1, 0.15) is 5.69 Å². The molecule has 1 aliphatic heterocycles. The van der Waals surface area contributed by atoms with Gasteiger partial charge in [0, 0.05) is 18.7 Å². The molecule has 1 aliphatic carbocycles. The number of carbonyl (C=O) groups is 1. The molecule has 6 nitrogen and oxygen atoms in total. The van der Waals surface area contributed by atoms with Crippen LogP contribution in [0.3, 0.4) is 0 Å². The average Bonchev–Trinajstić information content (AvgIpc) is 3.07. The van der Waals surface area contributed by atoms with Crippen molar-refractivity contribution in [3.63, 3.8) is 0 Å². The van der Waals surface area contributed by atoms with Gasteiger partial charge in [0.2, 0.25) is 5.89 Å². The second-order valence-corrected chi connectivity index (χ2v) is 5.64. The van der Waals surface area contributed by atoms with E-state index in [-0.39, 0.29) is 11.9 Å². The van der Waals surface area contributed by atoms with Crippen LogP contribution in [-0.2, 0) is 0 Å². The Morgan fingerprint density at radius 1 is 1.29 bits per heavy atom. The number of amides is 1. The van der Waals surface area contributed by atoms with Crippen molar-refractivity contribution in [2.75, 3.05) is 6.54 Å². The van der Waals surface area contributed by atoms with Crippen LogP contribution in [0.2, 0.25) is 0 Å². The Kier molecular flexibility index (Phi) is 2.94. The maximum absolute atomic E-state index is 12.6. The highest BCUT2D eigenvalue weighted by molar-refractivity contribution is 5.92. The lowest BCUT2D eigenvalue weighted by molar-refractivity contribution is 0.0722. The first-order chi connectivity index (χ1) is 10.3. The molecule has 0 bridgehead atoms. The molecule has 1 unspecified atom stereocenters. The topological polar surface area (TPSA) is 72.1 Å². The van der Waals surface area contributed by atoms with Crippen LogP contribution in [-0.4, -0.2) is 32.5 Å². The molecule has 21 heavy (non-hydrogen) atoms. The van der Waals surface area contributed by atoms with Crippen LogP contribution < -0.4 is 0 Å². The van der Waals surface area contributed by atoms with E-state index in [1.54, 1.807) is 18.3 Å². The molecule has 1 atom stereocenters. The molecular formula is C15H16N4O2. The summed E-state index contributed by atoms with van der Waals surface area (Å²) >= 11 is 0. The highest BCUT2D eigenvalue weighted by Crippen LogP contribution is 2.40.